The number of aryl methyl sites for hydroxylation is 2. The summed E-state index contributed by atoms with van der Waals surface area (Å²) in [6.07, 6.45) is 0.749. The molecular weight excluding hydrogens is 308 g/mol. The largest absolute Gasteiger partial charge is 0.373 e. The Labute approximate surface area is 140 Å². The first-order chi connectivity index (χ1) is 11.3. The fraction of sp³-hybridized carbons (Fsp3) is 0.412. The quantitative estimate of drug-likeness (QED) is 0.495. The predicted octanol–water partition coefficient (Wildman–Crippen LogP) is 3.71. The molecule has 0 aliphatic rings. The number of hydrogen-bond acceptors (Lipinski definition) is 5. The van der Waals surface area contributed by atoms with Gasteiger partial charge in [-0.05, 0) is 39.3 Å². The van der Waals surface area contributed by atoms with E-state index in [1.165, 1.54) is 13.0 Å². The lowest BCUT2D eigenvalue weighted by Gasteiger charge is -2.19. The maximum absolute atomic E-state index is 11.5. The molecule has 1 unspecified atom stereocenters. The summed E-state index contributed by atoms with van der Waals surface area (Å²) in [5.41, 5.74) is 3.60. The number of hydrogen-bond donors (Lipinski definition) is 1. The highest BCUT2D eigenvalue weighted by Gasteiger charge is 2.23. The Morgan fingerprint density at radius 3 is 2.54 bits per heavy atom. The Kier molecular flexibility index (Phi) is 5.02. The SMILES string of the molecule is CCC(Nc1ccc(C(C)=O)cc1[N+](=O)[O-])c1c(C)nn(C)c1C. The average molecular weight is 330 g/mol. The zero-order valence-corrected chi connectivity index (χ0v) is 14.6. The number of ketones is 1. The van der Waals surface area contributed by atoms with Crippen molar-refractivity contribution in [3.8, 4) is 0 Å². The number of Topliss-reactive ketones (excluding diaryl/α,β-unsaturated/α-hetero) is 1. The summed E-state index contributed by atoms with van der Waals surface area (Å²) < 4.78 is 1.81. The molecule has 0 aliphatic carbocycles. The molecule has 0 spiro atoms. The molecule has 1 aromatic heterocycles. The van der Waals surface area contributed by atoms with E-state index < -0.39 is 4.92 Å². The maximum Gasteiger partial charge on any atom is 0.293 e. The molecule has 7 heteroatoms. The molecule has 7 nitrogen and oxygen atoms in total. The second-order valence-electron chi connectivity index (χ2n) is 5.86. The number of nitrogens with one attached hydrogen (secondary N) is 1. The summed E-state index contributed by atoms with van der Waals surface area (Å²) in [6, 6.07) is 4.42. The van der Waals surface area contributed by atoms with E-state index in [1.54, 1.807) is 12.1 Å². The van der Waals surface area contributed by atoms with E-state index in [-0.39, 0.29) is 17.5 Å². The van der Waals surface area contributed by atoms with Crippen LogP contribution < -0.4 is 5.32 Å². The zero-order valence-electron chi connectivity index (χ0n) is 14.6. The molecule has 0 radical (unpaired) electrons. The predicted molar refractivity (Wildman–Crippen MR) is 92.4 cm³/mol. The van der Waals surface area contributed by atoms with Gasteiger partial charge in [-0.15, -0.1) is 0 Å². The van der Waals surface area contributed by atoms with Crippen LogP contribution in [0.3, 0.4) is 0 Å². The highest BCUT2D eigenvalue weighted by molar-refractivity contribution is 5.95. The van der Waals surface area contributed by atoms with Crippen molar-refractivity contribution in [1.29, 1.82) is 0 Å². The van der Waals surface area contributed by atoms with Crippen molar-refractivity contribution < 1.29 is 9.72 Å². The third-order valence-corrected chi connectivity index (χ3v) is 4.25. The van der Waals surface area contributed by atoms with Crippen LogP contribution in [0.5, 0.6) is 0 Å². The van der Waals surface area contributed by atoms with Crippen LogP contribution in [-0.2, 0) is 7.05 Å². The van der Waals surface area contributed by atoms with Gasteiger partial charge in [-0.3, -0.25) is 19.6 Å². The molecule has 0 fully saturated rings. The summed E-state index contributed by atoms with van der Waals surface area (Å²) in [6.45, 7) is 7.32. The van der Waals surface area contributed by atoms with E-state index in [9.17, 15) is 14.9 Å². The lowest BCUT2D eigenvalue weighted by Crippen LogP contribution is -2.13. The van der Waals surface area contributed by atoms with E-state index in [1.807, 2.05) is 32.5 Å². The van der Waals surface area contributed by atoms with E-state index in [0.29, 0.717) is 11.3 Å². The second kappa shape index (κ2) is 6.82. The number of nitro benzene ring substituents is 1. The number of carbonyl (C=O) groups is 1. The average Bonchev–Trinajstić information content (AvgIpc) is 2.77. The molecule has 0 saturated heterocycles. The number of carbonyl (C=O) groups excluding carboxylic acids is 1. The Hall–Kier alpha value is -2.70. The monoisotopic (exact) mass is 330 g/mol. The first-order valence-electron chi connectivity index (χ1n) is 7.82. The highest BCUT2D eigenvalue weighted by atomic mass is 16.6. The van der Waals surface area contributed by atoms with E-state index in [2.05, 4.69) is 10.4 Å². The molecule has 0 aliphatic heterocycles. The van der Waals surface area contributed by atoms with Crippen molar-refractivity contribution in [2.75, 3.05) is 5.32 Å². The minimum absolute atomic E-state index is 0.0967. The number of aromatic nitrogens is 2. The lowest BCUT2D eigenvalue weighted by atomic mass is 10.0. The van der Waals surface area contributed by atoms with Crippen LogP contribution in [0.1, 0.15) is 53.6 Å². The van der Waals surface area contributed by atoms with Gasteiger partial charge < -0.3 is 5.32 Å². The molecular formula is C17H22N4O3. The maximum atomic E-state index is 11.5. The minimum atomic E-state index is -0.468. The molecule has 128 valence electrons. The molecule has 2 rings (SSSR count). The topological polar surface area (TPSA) is 90.1 Å². The zero-order chi connectivity index (χ0) is 18.0. The van der Waals surface area contributed by atoms with Gasteiger partial charge in [0.1, 0.15) is 5.69 Å². The molecule has 2 aromatic rings. The van der Waals surface area contributed by atoms with Gasteiger partial charge >= 0.3 is 0 Å². The molecule has 0 amide bonds. The number of anilines is 1. The van der Waals surface area contributed by atoms with Crippen LogP contribution in [-0.4, -0.2) is 20.5 Å². The van der Waals surface area contributed by atoms with Crippen LogP contribution in [0.4, 0.5) is 11.4 Å². The molecule has 1 aromatic carbocycles. The number of benzene rings is 1. The van der Waals surface area contributed by atoms with E-state index in [0.717, 1.165) is 23.4 Å². The van der Waals surface area contributed by atoms with Crippen molar-refractivity contribution in [2.45, 2.75) is 40.2 Å². The fourth-order valence-corrected chi connectivity index (χ4v) is 2.88. The van der Waals surface area contributed by atoms with Crippen molar-refractivity contribution in [3.05, 3.63) is 50.8 Å². The molecule has 0 bridgehead atoms. The molecule has 1 heterocycles. The van der Waals surface area contributed by atoms with Gasteiger partial charge in [0.25, 0.3) is 5.69 Å². The van der Waals surface area contributed by atoms with Crippen LogP contribution in [0.25, 0.3) is 0 Å². The van der Waals surface area contributed by atoms with Crippen LogP contribution in [0.2, 0.25) is 0 Å². The summed E-state index contributed by atoms with van der Waals surface area (Å²) >= 11 is 0. The van der Waals surface area contributed by atoms with Crippen LogP contribution >= 0.6 is 0 Å². The third kappa shape index (κ3) is 3.29. The van der Waals surface area contributed by atoms with Crippen molar-refractivity contribution in [3.63, 3.8) is 0 Å². The van der Waals surface area contributed by atoms with E-state index in [4.69, 9.17) is 0 Å². The third-order valence-electron chi connectivity index (χ3n) is 4.25. The normalized spacial score (nSPS) is 12.0. The molecule has 0 saturated carbocycles. The van der Waals surface area contributed by atoms with Crippen molar-refractivity contribution in [1.82, 2.24) is 9.78 Å². The Balaban J connectivity index is 2.44. The van der Waals surface area contributed by atoms with Crippen molar-refractivity contribution >= 4 is 17.2 Å². The molecule has 24 heavy (non-hydrogen) atoms. The Bertz CT molecular complexity index is 795. The second-order valence-corrected chi connectivity index (χ2v) is 5.86. The number of nitrogens with zero attached hydrogens (tertiary/aromatic N) is 3. The summed E-state index contributed by atoms with van der Waals surface area (Å²) in [5.74, 6) is -0.198. The summed E-state index contributed by atoms with van der Waals surface area (Å²) in [7, 11) is 1.88. The van der Waals surface area contributed by atoms with Gasteiger partial charge in [0.2, 0.25) is 0 Å². The number of rotatable bonds is 6. The van der Waals surface area contributed by atoms with Crippen LogP contribution in [0, 0.1) is 24.0 Å². The Morgan fingerprint density at radius 1 is 1.42 bits per heavy atom. The standard InChI is InChI=1S/C17H22N4O3/c1-6-14(17-10(2)19-20(5)11(17)3)18-15-8-7-13(12(4)22)9-16(15)21(23)24/h7-9,14,18H,6H2,1-5H3. The first-order valence-corrected chi connectivity index (χ1v) is 7.82. The first kappa shape index (κ1) is 17.7. The van der Waals surface area contributed by atoms with E-state index >= 15 is 0 Å². The van der Waals surface area contributed by atoms with Gasteiger partial charge in [0.15, 0.2) is 5.78 Å². The minimum Gasteiger partial charge on any atom is -0.373 e. The summed E-state index contributed by atoms with van der Waals surface area (Å²) in [4.78, 5) is 22.4. The lowest BCUT2D eigenvalue weighted by molar-refractivity contribution is -0.384. The molecule has 1 atom stereocenters. The number of nitro groups is 1. The van der Waals surface area contributed by atoms with Gasteiger partial charge in [0.05, 0.1) is 16.7 Å². The molecule has 1 N–H and O–H groups in total. The summed E-state index contributed by atoms with van der Waals surface area (Å²) in [5, 5.41) is 19.0. The van der Waals surface area contributed by atoms with Crippen LogP contribution in [0.15, 0.2) is 18.2 Å². The van der Waals surface area contributed by atoms with Gasteiger partial charge in [-0.1, -0.05) is 6.92 Å². The van der Waals surface area contributed by atoms with Crippen molar-refractivity contribution in [2.24, 2.45) is 7.05 Å². The van der Waals surface area contributed by atoms with Gasteiger partial charge in [-0.2, -0.15) is 5.10 Å². The fourth-order valence-electron chi connectivity index (χ4n) is 2.88. The van der Waals surface area contributed by atoms with Gasteiger partial charge in [0, 0.05) is 29.9 Å². The highest BCUT2D eigenvalue weighted by Crippen LogP contribution is 2.32. The Morgan fingerprint density at radius 2 is 2.08 bits per heavy atom. The smallest absolute Gasteiger partial charge is 0.293 e. The van der Waals surface area contributed by atoms with Gasteiger partial charge in [-0.25, -0.2) is 0 Å².